The van der Waals surface area contributed by atoms with Crippen LogP contribution in [0.3, 0.4) is 0 Å². The number of benzene rings is 2. The van der Waals surface area contributed by atoms with Gasteiger partial charge in [0.15, 0.2) is 28.8 Å². The Kier molecular flexibility index (Phi) is 6.43. The summed E-state index contributed by atoms with van der Waals surface area (Å²) in [6, 6.07) is -0.850. The number of likely N-dealkylation sites (N-methyl/N-ethyl adjacent to an activating group) is 1. The largest absolute Gasteiger partial charge is 0.496 e. The Morgan fingerprint density at radius 3 is 1.97 bits per heavy atom. The first-order valence-corrected chi connectivity index (χ1v) is 12.5. The molecule has 1 saturated heterocycles. The molecule has 3 aliphatic rings. The predicted octanol–water partition coefficient (Wildman–Crippen LogP) is 2.38. The molecule has 0 unspecified atom stereocenters. The zero-order valence-electron chi connectivity index (χ0n) is 23.0. The standard InChI is InChI=1S/C28H34N2O8/c1-12-9-14-10-15-28(33)30-16(11-31)18-19(24(35-5)13(2)25(36-6)27(18)38-8)22(32)21(30)20(29(15)3)17(14)26(37-7)23(12)34-4/h9,15-16,20-21,31H,10-11H2,1-8H3/t15-,16-,20+,21-/m0/s1. The first-order chi connectivity index (χ1) is 18.2. The van der Waals surface area contributed by atoms with E-state index >= 15 is 0 Å². The number of methoxy groups -OCH3 is 5. The summed E-state index contributed by atoms with van der Waals surface area (Å²) in [5.41, 5.74) is 3.90. The average molecular weight is 527 g/mol. The first kappa shape index (κ1) is 26.1. The lowest BCUT2D eigenvalue weighted by molar-refractivity contribution is -0.155. The van der Waals surface area contributed by atoms with Crippen molar-refractivity contribution < 1.29 is 38.4 Å². The van der Waals surface area contributed by atoms with Gasteiger partial charge in [-0.3, -0.25) is 14.5 Å². The second-order valence-electron chi connectivity index (χ2n) is 9.93. The van der Waals surface area contributed by atoms with Gasteiger partial charge in [-0.05, 0) is 38.4 Å². The number of piperazine rings is 1. The third kappa shape index (κ3) is 3.19. The number of amides is 1. The van der Waals surface area contributed by atoms with Crippen molar-refractivity contribution in [3.63, 3.8) is 0 Å². The molecule has 0 radical (unpaired) electrons. The van der Waals surface area contributed by atoms with Crippen LogP contribution in [0.5, 0.6) is 28.7 Å². The highest BCUT2D eigenvalue weighted by Gasteiger charge is 2.59. The number of fused-ring (bicyclic) bond motifs is 7. The average Bonchev–Trinajstić information content (AvgIpc) is 2.90. The van der Waals surface area contributed by atoms with E-state index in [0.717, 1.165) is 16.7 Å². The summed E-state index contributed by atoms with van der Waals surface area (Å²) in [6.07, 6.45) is 0.433. The van der Waals surface area contributed by atoms with Crippen molar-refractivity contribution in [2.24, 2.45) is 0 Å². The van der Waals surface area contributed by atoms with E-state index in [9.17, 15) is 14.7 Å². The quantitative estimate of drug-likeness (QED) is 0.607. The molecule has 2 aromatic rings. The van der Waals surface area contributed by atoms with Gasteiger partial charge >= 0.3 is 0 Å². The van der Waals surface area contributed by atoms with Gasteiger partial charge in [0.1, 0.15) is 11.8 Å². The summed E-state index contributed by atoms with van der Waals surface area (Å²) in [4.78, 5) is 32.2. The molecule has 1 amide bonds. The van der Waals surface area contributed by atoms with Crippen LogP contribution in [0.25, 0.3) is 0 Å². The summed E-state index contributed by atoms with van der Waals surface area (Å²) in [5.74, 6) is 1.63. The maximum absolute atomic E-state index is 14.6. The van der Waals surface area contributed by atoms with Gasteiger partial charge in [0, 0.05) is 16.7 Å². The van der Waals surface area contributed by atoms with Crippen molar-refractivity contribution in [1.29, 1.82) is 0 Å². The van der Waals surface area contributed by atoms with Gasteiger partial charge in [-0.15, -0.1) is 0 Å². The van der Waals surface area contributed by atoms with Gasteiger partial charge in [-0.1, -0.05) is 6.07 Å². The number of carbonyl (C=O) groups is 2. The Labute approximate surface area is 222 Å². The van der Waals surface area contributed by atoms with Gasteiger partial charge in [0.05, 0.1) is 65.8 Å². The molecule has 1 N–H and O–H groups in total. The summed E-state index contributed by atoms with van der Waals surface area (Å²) in [7, 11) is 9.48. The van der Waals surface area contributed by atoms with E-state index in [-0.39, 0.29) is 17.3 Å². The molecular formula is C28H34N2O8. The van der Waals surface area contributed by atoms with Crippen molar-refractivity contribution in [1.82, 2.24) is 9.80 Å². The summed E-state index contributed by atoms with van der Waals surface area (Å²) in [6.45, 7) is 3.30. The molecular weight excluding hydrogens is 492 g/mol. The zero-order chi connectivity index (χ0) is 27.6. The van der Waals surface area contributed by atoms with E-state index in [1.807, 2.05) is 24.9 Å². The smallest absolute Gasteiger partial charge is 0.241 e. The van der Waals surface area contributed by atoms with Crippen LogP contribution in [0.2, 0.25) is 0 Å². The number of ketones is 1. The second-order valence-corrected chi connectivity index (χ2v) is 9.93. The highest BCUT2D eigenvalue weighted by atomic mass is 16.5. The number of Topliss-reactive ketones (excluding diaryl/α,β-unsaturated/α-hetero) is 1. The minimum absolute atomic E-state index is 0.231. The van der Waals surface area contributed by atoms with Crippen molar-refractivity contribution in [3.05, 3.63) is 39.4 Å². The van der Waals surface area contributed by atoms with Crippen molar-refractivity contribution >= 4 is 11.7 Å². The third-order valence-electron chi connectivity index (χ3n) is 8.33. The predicted molar refractivity (Wildman–Crippen MR) is 138 cm³/mol. The number of nitrogens with zero attached hydrogens (tertiary/aromatic N) is 2. The summed E-state index contributed by atoms with van der Waals surface area (Å²) >= 11 is 0. The Hall–Kier alpha value is -3.50. The summed E-state index contributed by atoms with van der Waals surface area (Å²) < 4.78 is 28.7. The molecule has 3 heterocycles. The SMILES string of the molecule is COc1c(C)cc2c(c1OC)[C@@H]1[C@H]3C(=O)c4c(OC)c(C)c(OC)c(OC)c4[C@H](CO)N3C(=O)[C@H](C2)N1C. The molecule has 0 saturated carbocycles. The molecule has 10 heteroatoms. The van der Waals surface area contributed by atoms with Gasteiger partial charge < -0.3 is 33.7 Å². The Bertz CT molecular complexity index is 1340. The number of hydrogen-bond acceptors (Lipinski definition) is 9. The van der Waals surface area contributed by atoms with Crippen LogP contribution in [0.15, 0.2) is 6.07 Å². The number of rotatable bonds is 6. The molecule has 5 rings (SSSR count). The van der Waals surface area contributed by atoms with Crippen molar-refractivity contribution in [3.8, 4) is 28.7 Å². The topological polar surface area (TPSA) is 107 Å². The maximum atomic E-state index is 14.6. The molecule has 3 aliphatic heterocycles. The number of hydrogen-bond donors (Lipinski definition) is 1. The molecule has 2 aromatic carbocycles. The van der Waals surface area contributed by atoms with E-state index in [0.29, 0.717) is 46.3 Å². The van der Waals surface area contributed by atoms with Crippen LogP contribution < -0.4 is 23.7 Å². The molecule has 38 heavy (non-hydrogen) atoms. The number of aliphatic hydroxyl groups is 1. The van der Waals surface area contributed by atoms with Gasteiger partial charge in [-0.2, -0.15) is 0 Å². The number of aliphatic hydroxyl groups excluding tert-OH is 1. The Balaban J connectivity index is 1.85. The van der Waals surface area contributed by atoms with Crippen LogP contribution in [-0.4, -0.2) is 87.9 Å². The Morgan fingerprint density at radius 2 is 1.42 bits per heavy atom. The van der Waals surface area contributed by atoms with E-state index in [4.69, 9.17) is 23.7 Å². The lowest BCUT2D eigenvalue weighted by Crippen LogP contribution is -2.68. The normalized spacial score (nSPS) is 23.9. The maximum Gasteiger partial charge on any atom is 0.241 e. The number of carbonyl (C=O) groups excluding carboxylic acids is 2. The molecule has 1 fully saturated rings. The molecule has 0 aliphatic carbocycles. The fraction of sp³-hybridized carbons (Fsp3) is 0.500. The fourth-order valence-electron chi connectivity index (χ4n) is 6.82. The van der Waals surface area contributed by atoms with Gasteiger partial charge in [-0.25, -0.2) is 0 Å². The molecule has 10 nitrogen and oxygen atoms in total. The fourth-order valence-corrected chi connectivity index (χ4v) is 6.82. The van der Waals surface area contributed by atoms with E-state index in [1.54, 1.807) is 21.1 Å². The lowest BCUT2D eigenvalue weighted by Gasteiger charge is -2.56. The molecule has 4 atom stereocenters. The minimum atomic E-state index is -0.944. The van der Waals surface area contributed by atoms with Crippen LogP contribution in [0.1, 0.15) is 50.3 Å². The van der Waals surface area contributed by atoms with Crippen molar-refractivity contribution in [2.75, 3.05) is 49.2 Å². The molecule has 0 aromatic heterocycles. The molecule has 2 bridgehead atoms. The van der Waals surface area contributed by atoms with Crippen LogP contribution in [0.4, 0.5) is 0 Å². The third-order valence-corrected chi connectivity index (χ3v) is 8.33. The van der Waals surface area contributed by atoms with E-state index in [1.165, 1.54) is 26.2 Å². The number of aryl methyl sites for hydroxylation is 1. The van der Waals surface area contributed by atoms with Gasteiger partial charge in [0.2, 0.25) is 5.91 Å². The van der Waals surface area contributed by atoms with Crippen LogP contribution in [0, 0.1) is 13.8 Å². The second kappa shape index (κ2) is 9.36. The van der Waals surface area contributed by atoms with Crippen LogP contribution >= 0.6 is 0 Å². The van der Waals surface area contributed by atoms with E-state index < -0.39 is 30.8 Å². The Morgan fingerprint density at radius 1 is 0.842 bits per heavy atom. The van der Waals surface area contributed by atoms with Crippen molar-refractivity contribution in [2.45, 2.75) is 44.4 Å². The number of ether oxygens (including phenoxy) is 5. The molecule has 0 spiro atoms. The monoisotopic (exact) mass is 526 g/mol. The first-order valence-electron chi connectivity index (χ1n) is 12.5. The van der Waals surface area contributed by atoms with Gasteiger partial charge in [0.25, 0.3) is 0 Å². The van der Waals surface area contributed by atoms with Crippen LogP contribution in [-0.2, 0) is 11.2 Å². The molecule has 204 valence electrons. The zero-order valence-corrected chi connectivity index (χ0v) is 23.0. The minimum Gasteiger partial charge on any atom is -0.496 e. The lowest BCUT2D eigenvalue weighted by atomic mass is 9.73. The summed E-state index contributed by atoms with van der Waals surface area (Å²) in [5, 5.41) is 10.7. The highest BCUT2D eigenvalue weighted by Crippen LogP contribution is 2.56. The van der Waals surface area contributed by atoms with E-state index in [2.05, 4.69) is 0 Å². The highest BCUT2D eigenvalue weighted by molar-refractivity contribution is 6.10.